The fourth-order valence-electron chi connectivity index (χ4n) is 1.75. The molecule has 1 aliphatic rings. The Morgan fingerprint density at radius 2 is 2.20 bits per heavy atom. The van der Waals surface area contributed by atoms with Gasteiger partial charge in [-0.2, -0.15) is 5.26 Å². The Hall–Kier alpha value is -0.910. The van der Waals surface area contributed by atoms with Gasteiger partial charge in [0.05, 0.1) is 24.1 Å². The van der Waals surface area contributed by atoms with Crippen molar-refractivity contribution in [3.05, 3.63) is 27.7 Å². The molecule has 2 unspecified atom stereocenters. The van der Waals surface area contributed by atoms with E-state index >= 15 is 0 Å². The van der Waals surface area contributed by atoms with Crippen LogP contribution in [0.3, 0.4) is 0 Å². The van der Waals surface area contributed by atoms with E-state index in [0.29, 0.717) is 15.8 Å². The standard InChI is InChI=1S/C11H9Cl2NO/c1-15-11-9(8-2-6(8)5-14)3-7(12)4-10(11)13/h3-4,6,8H,2H2,1H3. The number of nitriles is 1. The molecule has 0 radical (unpaired) electrons. The molecule has 0 saturated heterocycles. The summed E-state index contributed by atoms with van der Waals surface area (Å²) in [5, 5.41) is 9.87. The molecule has 0 spiro atoms. The first kappa shape index (κ1) is 10.6. The molecule has 2 rings (SSSR count). The summed E-state index contributed by atoms with van der Waals surface area (Å²) in [6, 6.07) is 5.71. The van der Waals surface area contributed by atoms with E-state index in [0.717, 1.165) is 12.0 Å². The van der Waals surface area contributed by atoms with Crippen molar-refractivity contribution in [1.29, 1.82) is 5.26 Å². The summed E-state index contributed by atoms with van der Waals surface area (Å²) in [5.74, 6) is 0.943. The molecule has 0 amide bonds. The second-order valence-electron chi connectivity index (χ2n) is 3.59. The molecular formula is C11H9Cl2NO. The first-order valence-electron chi connectivity index (χ1n) is 4.60. The highest BCUT2D eigenvalue weighted by atomic mass is 35.5. The maximum absolute atomic E-state index is 8.78. The van der Waals surface area contributed by atoms with Crippen molar-refractivity contribution in [3.63, 3.8) is 0 Å². The lowest BCUT2D eigenvalue weighted by Gasteiger charge is -2.09. The minimum Gasteiger partial charge on any atom is -0.495 e. The number of nitrogens with zero attached hydrogens (tertiary/aromatic N) is 1. The molecule has 0 bridgehead atoms. The molecule has 0 aliphatic heterocycles. The fourth-order valence-corrected chi connectivity index (χ4v) is 2.34. The first-order chi connectivity index (χ1) is 7.17. The van der Waals surface area contributed by atoms with E-state index in [1.165, 1.54) is 0 Å². The van der Waals surface area contributed by atoms with Crippen LogP contribution in [0.15, 0.2) is 12.1 Å². The lowest BCUT2D eigenvalue weighted by molar-refractivity contribution is 0.410. The molecule has 2 atom stereocenters. The Morgan fingerprint density at radius 3 is 2.73 bits per heavy atom. The monoisotopic (exact) mass is 241 g/mol. The Balaban J connectivity index is 2.42. The van der Waals surface area contributed by atoms with Crippen LogP contribution >= 0.6 is 23.2 Å². The molecule has 1 aliphatic carbocycles. The van der Waals surface area contributed by atoms with Crippen molar-refractivity contribution in [2.24, 2.45) is 5.92 Å². The SMILES string of the molecule is COc1c(Cl)cc(Cl)cc1C1CC1C#N. The molecule has 78 valence electrons. The van der Waals surface area contributed by atoms with Gasteiger partial charge in [0.2, 0.25) is 0 Å². The maximum Gasteiger partial charge on any atom is 0.141 e. The molecular weight excluding hydrogens is 233 g/mol. The number of methoxy groups -OCH3 is 1. The van der Waals surface area contributed by atoms with Gasteiger partial charge < -0.3 is 4.74 Å². The number of halogens is 2. The largest absolute Gasteiger partial charge is 0.495 e. The van der Waals surface area contributed by atoms with Gasteiger partial charge in [0, 0.05) is 16.5 Å². The van der Waals surface area contributed by atoms with Gasteiger partial charge in [0.15, 0.2) is 0 Å². The number of hydrogen-bond acceptors (Lipinski definition) is 2. The lowest BCUT2D eigenvalue weighted by Crippen LogP contribution is -1.92. The zero-order valence-corrected chi connectivity index (χ0v) is 9.64. The van der Waals surface area contributed by atoms with Crippen molar-refractivity contribution in [1.82, 2.24) is 0 Å². The summed E-state index contributed by atoms with van der Waals surface area (Å²) < 4.78 is 5.23. The van der Waals surface area contributed by atoms with Crippen molar-refractivity contribution in [2.45, 2.75) is 12.3 Å². The third-order valence-electron chi connectivity index (χ3n) is 2.60. The molecule has 0 aromatic heterocycles. The van der Waals surface area contributed by atoms with E-state index in [4.69, 9.17) is 33.2 Å². The van der Waals surface area contributed by atoms with Crippen LogP contribution in [0.1, 0.15) is 17.9 Å². The first-order valence-corrected chi connectivity index (χ1v) is 5.35. The third kappa shape index (κ3) is 1.90. The Labute approximate surface area is 98.4 Å². The second-order valence-corrected chi connectivity index (χ2v) is 4.43. The van der Waals surface area contributed by atoms with Gasteiger partial charge in [0.1, 0.15) is 5.75 Å². The van der Waals surface area contributed by atoms with Crippen LogP contribution in [0.25, 0.3) is 0 Å². The summed E-state index contributed by atoms with van der Waals surface area (Å²) in [6.07, 6.45) is 0.865. The number of hydrogen-bond donors (Lipinski definition) is 0. The van der Waals surface area contributed by atoms with Crippen LogP contribution < -0.4 is 4.74 Å². The van der Waals surface area contributed by atoms with Crippen LogP contribution in [0.2, 0.25) is 10.0 Å². The maximum atomic E-state index is 8.78. The van der Waals surface area contributed by atoms with E-state index in [-0.39, 0.29) is 11.8 Å². The van der Waals surface area contributed by atoms with Gasteiger partial charge >= 0.3 is 0 Å². The quantitative estimate of drug-likeness (QED) is 0.793. The summed E-state index contributed by atoms with van der Waals surface area (Å²) >= 11 is 11.9. The van der Waals surface area contributed by atoms with Gasteiger partial charge in [-0.15, -0.1) is 0 Å². The van der Waals surface area contributed by atoms with Gasteiger partial charge in [-0.1, -0.05) is 23.2 Å². The van der Waals surface area contributed by atoms with Gasteiger partial charge in [-0.3, -0.25) is 0 Å². The van der Waals surface area contributed by atoms with E-state index in [2.05, 4.69) is 6.07 Å². The number of ether oxygens (including phenoxy) is 1. The van der Waals surface area contributed by atoms with Crippen molar-refractivity contribution >= 4 is 23.2 Å². The van der Waals surface area contributed by atoms with Crippen LogP contribution in [-0.4, -0.2) is 7.11 Å². The summed E-state index contributed by atoms with van der Waals surface area (Å²) in [6.45, 7) is 0. The van der Waals surface area contributed by atoms with Crippen LogP contribution in [0.4, 0.5) is 0 Å². The summed E-state index contributed by atoms with van der Waals surface area (Å²) in [7, 11) is 1.57. The molecule has 4 heteroatoms. The topological polar surface area (TPSA) is 33.0 Å². The minimum absolute atomic E-state index is 0.0773. The average molecular weight is 242 g/mol. The van der Waals surface area contributed by atoms with Crippen molar-refractivity contribution in [3.8, 4) is 11.8 Å². The molecule has 15 heavy (non-hydrogen) atoms. The zero-order valence-electron chi connectivity index (χ0n) is 8.13. The Kier molecular flexibility index (Phi) is 2.77. The highest BCUT2D eigenvalue weighted by Gasteiger charge is 2.40. The zero-order chi connectivity index (χ0) is 11.0. The van der Waals surface area contributed by atoms with E-state index < -0.39 is 0 Å². The van der Waals surface area contributed by atoms with Crippen molar-refractivity contribution in [2.75, 3.05) is 7.11 Å². The molecule has 0 N–H and O–H groups in total. The fraction of sp³-hybridized carbons (Fsp3) is 0.364. The van der Waals surface area contributed by atoms with Crippen LogP contribution in [0, 0.1) is 17.2 Å². The predicted molar refractivity (Wildman–Crippen MR) is 59.5 cm³/mol. The summed E-state index contributed by atoms with van der Waals surface area (Å²) in [4.78, 5) is 0. The molecule has 2 nitrogen and oxygen atoms in total. The van der Waals surface area contributed by atoms with E-state index in [1.807, 2.05) is 6.07 Å². The van der Waals surface area contributed by atoms with Gasteiger partial charge in [-0.25, -0.2) is 0 Å². The van der Waals surface area contributed by atoms with E-state index in [1.54, 1.807) is 13.2 Å². The van der Waals surface area contributed by atoms with Crippen LogP contribution in [0.5, 0.6) is 5.75 Å². The Bertz CT molecular complexity index is 439. The normalized spacial score (nSPS) is 23.3. The second kappa shape index (κ2) is 3.92. The third-order valence-corrected chi connectivity index (χ3v) is 3.10. The highest BCUT2D eigenvalue weighted by molar-refractivity contribution is 6.35. The van der Waals surface area contributed by atoms with E-state index in [9.17, 15) is 0 Å². The number of benzene rings is 1. The Morgan fingerprint density at radius 1 is 1.47 bits per heavy atom. The molecule has 1 aromatic rings. The summed E-state index contributed by atoms with van der Waals surface area (Å²) in [5.41, 5.74) is 0.946. The molecule has 1 saturated carbocycles. The number of rotatable bonds is 2. The molecule has 0 heterocycles. The smallest absolute Gasteiger partial charge is 0.141 e. The highest BCUT2D eigenvalue weighted by Crippen LogP contribution is 2.52. The predicted octanol–water partition coefficient (Wildman–Crippen LogP) is 3.63. The molecule has 1 fully saturated rings. The molecule has 1 aromatic carbocycles. The average Bonchev–Trinajstić information content (AvgIpc) is 2.95. The minimum atomic E-state index is 0.0773. The van der Waals surface area contributed by atoms with Gasteiger partial charge in [-0.05, 0) is 18.6 Å². The van der Waals surface area contributed by atoms with Gasteiger partial charge in [0.25, 0.3) is 0 Å². The lowest BCUT2D eigenvalue weighted by atomic mass is 10.1. The van der Waals surface area contributed by atoms with Crippen LogP contribution in [-0.2, 0) is 0 Å². The van der Waals surface area contributed by atoms with Crippen molar-refractivity contribution < 1.29 is 4.74 Å².